The van der Waals surface area contributed by atoms with Crippen LogP contribution in [0.15, 0.2) is 35.2 Å². The minimum Gasteiger partial charge on any atom is -0.482 e. The molecule has 5 rings (SSSR count). The van der Waals surface area contributed by atoms with Crippen LogP contribution in [0.2, 0.25) is 0 Å². The zero-order valence-corrected chi connectivity index (χ0v) is 18.0. The SMILES string of the molecule is Cc1cc2c(cc1S(=O)(=O)N1CCC[C@@H]1C(=O)Nc1ccc3c(c1)OCO3)OCC(=O)N2. The van der Waals surface area contributed by atoms with Gasteiger partial charge in [0.1, 0.15) is 11.8 Å². The number of hydrogen-bond acceptors (Lipinski definition) is 7. The van der Waals surface area contributed by atoms with Crippen molar-refractivity contribution in [2.45, 2.75) is 30.7 Å². The maximum atomic E-state index is 13.5. The summed E-state index contributed by atoms with van der Waals surface area (Å²) >= 11 is 0. The van der Waals surface area contributed by atoms with E-state index in [4.69, 9.17) is 14.2 Å². The predicted octanol–water partition coefficient (Wildman–Crippen LogP) is 1.85. The Balaban J connectivity index is 1.40. The molecule has 3 heterocycles. The van der Waals surface area contributed by atoms with Crippen molar-refractivity contribution in [1.29, 1.82) is 0 Å². The molecule has 0 saturated carbocycles. The first kappa shape index (κ1) is 20.6. The van der Waals surface area contributed by atoms with Crippen molar-refractivity contribution in [2.75, 3.05) is 30.6 Å². The van der Waals surface area contributed by atoms with E-state index in [0.29, 0.717) is 41.3 Å². The monoisotopic (exact) mass is 459 g/mol. The van der Waals surface area contributed by atoms with Crippen LogP contribution in [0.25, 0.3) is 0 Å². The molecule has 2 N–H and O–H groups in total. The molecule has 0 radical (unpaired) electrons. The minimum absolute atomic E-state index is 0.0511. The van der Waals surface area contributed by atoms with Crippen molar-refractivity contribution in [1.82, 2.24) is 4.31 Å². The first-order valence-electron chi connectivity index (χ1n) is 10.1. The van der Waals surface area contributed by atoms with E-state index in [0.717, 1.165) is 0 Å². The number of aryl methyl sites for hydroxylation is 1. The summed E-state index contributed by atoms with van der Waals surface area (Å²) in [6.07, 6.45) is 0.973. The number of hydrogen-bond donors (Lipinski definition) is 2. The highest BCUT2D eigenvalue weighted by Gasteiger charge is 2.40. The van der Waals surface area contributed by atoms with E-state index >= 15 is 0 Å². The summed E-state index contributed by atoms with van der Waals surface area (Å²) in [6.45, 7) is 1.82. The van der Waals surface area contributed by atoms with Crippen LogP contribution in [0, 0.1) is 6.92 Å². The van der Waals surface area contributed by atoms with Gasteiger partial charge in [-0.05, 0) is 43.5 Å². The number of carbonyl (C=O) groups is 2. The van der Waals surface area contributed by atoms with Crippen molar-refractivity contribution in [3.8, 4) is 17.2 Å². The average molecular weight is 459 g/mol. The van der Waals surface area contributed by atoms with Crippen LogP contribution in [0.1, 0.15) is 18.4 Å². The van der Waals surface area contributed by atoms with Gasteiger partial charge in [0.05, 0.1) is 10.6 Å². The van der Waals surface area contributed by atoms with Crippen LogP contribution in [0.3, 0.4) is 0 Å². The van der Waals surface area contributed by atoms with Gasteiger partial charge in [-0.25, -0.2) is 8.42 Å². The Labute approximate surface area is 184 Å². The second kappa shape index (κ2) is 7.68. The summed E-state index contributed by atoms with van der Waals surface area (Å²) in [7, 11) is -3.98. The van der Waals surface area contributed by atoms with E-state index in [9.17, 15) is 18.0 Å². The molecule has 2 aromatic carbocycles. The Morgan fingerprint density at radius 1 is 1.12 bits per heavy atom. The van der Waals surface area contributed by atoms with E-state index in [1.54, 1.807) is 31.2 Å². The third-order valence-electron chi connectivity index (χ3n) is 5.64. The van der Waals surface area contributed by atoms with Crippen molar-refractivity contribution in [2.24, 2.45) is 0 Å². The average Bonchev–Trinajstić information content (AvgIpc) is 3.42. The third kappa shape index (κ3) is 3.53. The van der Waals surface area contributed by atoms with Crippen molar-refractivity contribution in [3.05, 3.63) is 35.9 Å². The van der Waals surface area contributed by atoms with Gasteiger partial charge in [-0.15, -0.1) is 0 Å². The van der Waals surface area contributed by atoms with E-state index < -0.39 is 22.0 Å². The van der Waals surface area contributed by atoms with Gasteiger partial charge < -0.3 is 24.8 Å². The van der Waals surface area contributed by atoms with Crippen LogP contribution in [-0.4, -0.2) is 50.5 Å². The normalized spacial score (nSPS) is 19.8. The quantitative estimate of drug-likeness (QED) is 0.715. The Hall–Kier alpha value is -3.31. The van der Waals surface area contributed by atoms with Crippen LogP contribution in [0.5, 0.6) is 17.2 Å². The smallest absolute Gasteiger partial charge is 0.262 e. The van der Waals surface area contributed by atoms with Crippen LogP contribution < -0.4 is 24.8 Å². The minimum atomic E-state index is -3.98. The lowest BCUT2D eigenvalue weighted by molar-refractivity contribution is -0.119. The number of carbonyl (C=O) groups excluding carboxylic acids is 2. The number of amides is 2. The topological polar surface area (TPSA) is 123 Å². The Kier molecular flexibility index (Phi) is 4.94. The summed E-state index contributed by atoms with van der Waals surface area (Å²) in [4.78, 5) is 24.6. The van der Waals surface area contributed by atoms with Crippen molar-refractivity contribution >= 4 is 33.2 Å². The Morgan fingerprint density at radius 2 is 1.94 bits per heavy atom. The zero-order chi connectivity index (χ0) is 22.5. The number of sulfonamides is 1. The van der Waals surface area contributed by atoms with E-state index in [1.165, 1.54) is 10.4 Å². The lowest BCUT2D eigenvalue weighted by atomic mass is 10.2. The first-order chi connectivity index (χ1) is 15.3. The molecule has 10 nitrogen and oxygen atoms in total. The fourth-order valence-corrected chi connectivity index (χ4v) is 5.99. The molecule has 1 atom stereocenters. The molecule has 0 bridgehead atoms. The highest BCUT2D eigenvalue weighted by molar-refractivity contribution is 7.89. The maximum Gasteiger partial charge on any atom is 0.262 e. The number of fused-ring (bicyclic) bond motifs is 2. The van der Waals surface area contributed by atoms with Gasteiger partial charge in [-0.1, -0.05) is 0 Å². The number of rotatable bonds is 4. The lowest BCUT2D eigenvalue weighted by Gasteiger charge is -2.26. The number of nitrogens with one attached hydrogen (secondary N) is 2. The Bertz CT molecular complexity index is 1230. The fraction of sp³-hybridized carbons (Fsp3) is 0.333. The molecule has 1 fully saturated rings. The second-order valence-electron chi connectivity index (χ2n) is 7.78. The van der Waals surface area contributed by atoms with Crippen LogP contribution >= 0.6 is 0 Å². The maximum absolute atomic E-state index is 13.5. The summed E-state index contributed by atoms with van der Waals surface area (Å²) in [5.74, 6) is 0.690. The standard InChI is InChI=1S/C21H21N3O7S/c1-12-7-14-17(29-10-20(25)23-14)9-19(12)32(27,28)24-6-2-3-15(24)21(26)22-13-4-5-16-18(8-13)31-11-30-16/h4-5,7-9,15H,2-3,6,10-11H2,1H3,(H,22,26)(H,23,25)/t15-/m1/s1. The van der Waals surface area contributed by atoms with Gasteiger partial charge in [0.15, 0.2) is 18.1 Å². The second-order valence-corrected chi connectivity index (χ2v) is 9.64. The Morgan fingerprint density at radius 3 is 2.78 bits per heavy atom. The molecular weight excluding hydrogens is 438 g/mol. The summed E-state index contributed by atoms with van der Waals surface area (Å²) in [6, 6.07) is 7.14. The molecule has 168 valence electrons. The summed E-state index contributed by atoms with van der Waals surface area (Å²) in [5.41, 5.74) is 1.38. The molecule has 3 aliphatic heterocycles. The van der Waals surface area contributed by atoms with Gasteiger partial charge >= 0.3 is 0 Å². The molecule has 3 aliphatic rings. The van der Waals surface area contributed by atoms with E-state index in [1.807, 2.05) is 0 Å². The number of benzene rings is 2. The summed E-state index contributed by atoms with van der Waals surface area (Å²) in [5, 5.41) is 5.45. The van der Waals surface area contributed by atoms with Gasteiger partial charge in [-0.2, -0.15) is 4.31 Å². The van der Waals surface area contributed by atoms with Gasteiger partial charge in [0.2, 0.25) is 22.7 Å². The highest BCUT2D eigenvalue weighted by atomic mass is 32.2. The van der Waals surface area contributed by atoms with Crippen molar-refractivity contribution in [3.63, 3.8) is 0 Å². The molecule has 11 heteroatoms. The highest BCUT2D eigenvalue weighted by Crippen LogP contribution is 2.37. The van der Waals surface area contributed by atoms with E-state index in [-0.39, 0.29) is 36.5 Å². The van der Waals surface area contributed by atoms with Crippen molar-refractivity contribution < 1.29 is 32.2 Å². The number of nitrogens with zero attached hydrogens (tertiary/aromatic N) is 1. The largest absolute Gasteiger partial charge is 0.482 e. The van der Waals surface area contributed by atoms with Crippen LogP contribution in [0.4, 0.5) is 11.4 Å². The number of ether oxygens (including phenoxy) is 3. The molecule has 0 spiro atoms. The van der Waals surface area contributed by atoms with Crippen LogP contribution in [-0.2, 0) is 19.6 Å². The first-order valence-corrected chi connectivity index (χ1v) is 11.6. The van der Waals surface area contributed by atoms with Gasteiger partial charge in [0, 0.05) is 24.4 Å². The molecule has 2 amide bonds. The predicted molar refractivity (Wildman–Crippen MR) is 113 cm³/mol. The fourth-order valence-electron chi connectivity index (χ4n) is 4.11. The summed E-state index contributed by atoms with van der Waals surface area (Å²) < 4.78 is 44.2. The lowest BCUT2D eigenvalue weighted by Crippen LogP contribution is -2.43. The molecule has 0 aliphatic carbocycles. The molecule has 0 aromatic heterocycles. The third-order valence-corrected chi connectivity index (χ3v) is 7.69. The molecule has 32 heavy (non-hydrogen) atoms. The van der Waals surface area contributed by atoms with Gasteiger partial charge in [-0.3, -0.25) is 9.59 Å². The van der Waals surface area contributed by atoms with Gasteiger partial charge in [0.25, 0.3) is 5.91 Å². The molecule has 0 unspecified atom stereocenters. The van der Waals surface area contributed by atoms with E-state index in [2.05, 4.69) is 10.6 Å². The molecule has 1 saturated heterocycles. The zero-order valence-electron chi connectivity index (χ0n) is 17.2. The number of anilines is 2. The molecule has 2 aromatic rings. The molecular formula is C21H21N3O7S.